The van der Waals surface area contributed by atoms with E-state index in [1.54, 1.807) is 0 Å². The number of hydrogen-bond donors (Lipinski definition) is 1. The zero-order valence-corrected chi connectivity index (χ0v) is 18.6. The van der Waals surface area contributed by atoms with Crippen molar-refractivity contribution >= 4 is 0 Å². The van der Waals surface area contributed by atoms with Crippen LogP contribution in [0.4, 0.5) is 0 Å². The van der Waals surface area contributed by atoms with Crippen LogP contribution in [0.2, 0.25) is 0 Å². The summed E-state index contributed by atoms with van der Waals surface area (Å²) >= 11 is 0. The van der Waals surface area contributed by atoms with Crippen molar-refractivity contribution in [2.45, 2.75) is 58.6 Å². The molecule has 1 N–H and O–H groups in total. The van der Waals surface area contributed by atoms with Gasteiger partial charge in [-0.1, -0.05) is 56.2 Å². The number of nitrogens with zero attached hydrogens (tertiary/aromatic N) is 1. The molecular weight excluding hydrogens is 374 g/mol. The number of hydrogen-bond acceptors (Lipinski definition) is 4. The van der Waals surface area contributed by atoms with E-state index < -0.39 is 0 Å². The highest BCUT2D eigenvalue weighted by Gasteiger charge is 2.28. The molecular formula is C26H37NO3. The number of rotatable bonds is 11. The number of piperidine rings is 1. The van der Waals surface area contributed by atoms with Crippen LogP contribution in [-0.4, -0.2) is 42.4 Å². The molecule has 1 aliphatic heterocycles. The molecule has 1 fully saturated rings. The van der Waals surface area contributed by atoms with Crippen LogP contribution in [0.5, 0.6) is 11.5 Å². The highest BCUT2D eigenvalue weighted by molar-refractivity contribution is 5.43. The van der Waals surface area contributed by atoms with Gasteiger partial charge >= 0.3 is 0 Å². The standard InChI is InChI=1S/C26H37NO3/c1-3-5-9-16-30-25-13-12-22(18-26(25)29-4-2)17-23-20-27(15-14-24(23)28)19-21-10-7-6-8-11-21/h6-8,10-13,18,23-24,28H,3-5,9,14-17,19-20H2,1-2H3. The van der Waals surface area contributed by atoms with Gasteiger partial charge in [0.2, 0.25) is 0 Å². The molecule has 0 amide bonds. The van der Waals surface area contributed by atoms with Crippen molar-refractivity contribution in [3.63, 3.8) is 0 Å². The topological polar surface area (TPSA) is 41.9 Å². The molecule has 164 valence electrons. The minimum absolute atomic E-state index is 0.230. The largest absolute Gasteiger partial charge is 0.490 e. The predicted molar refractivity (Wildman–Crippen MR) is 122 cm³/mol. The van der Waals surface area contributed by atoms with Gasteiger partial charge in [0, 0.05) is 25.6 Å². The molecule has 0 radical (unpaired) electrons. The first-order valence-corrected chi connectivity index (χ1v) is 11.5. The molecule has 1 saturated heterocycles. The molecule has 4 nitrogen and oxygen atoms in total. The van der Waals surface area contributed by atoms with Crippen molar-refractivity contribution in [2.24, 2.45) is 5.92 Å². The Morgan fingerprint density at radius 2 is 1.80 bits per heavy atom. The number of benzene rings is 2. The molecule has 2 aromatic carbocycles. The van der Waals surface area contributed by atoms with E-state index >= 15 is 0 Å². The Balaban J connectivity index is 1.62. The summed E-state index contributed by atoms with van der Waals surface area (Å²) in [5, 5.41) is 10.6. The van der Waals surface area contributed by atoms with E-state index in [4.69, 9.17) is 9.47 Å². The molecule has 0 spiro atoms. The quantitative estimate of drug-likeness (QED) is 0.524. The van der Waals surface area contributed by atoms with E-state index in [1.165, 1.54) is 24.0 Å². The number of unbranched alkanes of at least 4 members (excludes halogenated alkanes) is 2. The molecule has 4 heteroatoms. The SMILES string of the molecule is CCCCCOc1ccc(CC2CN(Cc3ccccc3)CCC2O)cc1OCC. The van der Waals surface area contributed by atoms with Crippen LogP contribution in [-0.2, 0) is 13.0 Å². The number of ether oxygens (including phenoxy) is 2. The van der Waals surface area contributed by atoms with Crippen LogP contribution in [0.15, 0.2) is 48.5 Å². The molecule has 1 aliphatic rings. The fourth-order valence-corrected chi connectivity index (χ4v) is 4.18. The summed E-state index contributed by atoms with van der Waals surface area (Å²) in [5.74, 6) is 1.87. The molecule has 3 rings (SSSR count). The third kappa shape index (κ3) is 6.75. The predicted octanol–water partition coefficient (Wildman–Crippen LogP) is 5.08. The molecule has 0 saturated carbocycles. The maximum atomic E-state index is 10.6. The lowest BCUT2D eigenvalue weighted by Gasteiger charge is -2.36. The third-order valence-corrected chi connectivity index (χ3v) is 5.84. The third-order valence-electron chi connectivity index (χ3n) is 5.84. The van der Waals surface area contributed by atoms with E-state index in [9.17, 15) is 5.11 Å². The maximum Gasteiger partial charge on any atom is 0.161 e. The summed E-state index contributed by atoms with van der Waals surface area (Å²) in [6.45, 7) is 8.34. The van der Waals surface area contributed by atoms with Gasteiger partial charge in [-0.2, -0.15) is 0 Å². The van der Waals surface area contributed by atoms with Crippen molar-refractivity contribution in [1.82, 2.24) is 4.90 Å². The number of aliphatic hydroxyl groups is 1. The van der Waals surface area contributed by atoms with Gasteiger partial charge in [0.15, 0.2) is 11.5 Å². The van der Waals surface area contributed by atoms with Crippen LogP contribution in [0.3, 0.4) is 0 Å². The highest BCUT2D eigenvalue weighted by Crippen LogP contribution is 2.31. The molecule has 1 heterocycles. The molecule has 30 heavy (non-hydrogen) atoms. The molecule has 2 aromatic rings. The monoisotopic (exact) mass is 411 g/mol. The van der Waals surface area contributed by atoms with E-state index in [0.29, 0.717) is 6.61 Å². The zero-order valence-electron chi connectivity index (χ0n) is 18.6. The van der Waals surface area contributed by atoms with Gasteiger partial charge < -0.3 is 14.6 Å². The van der Waals surface area contributed by atoms with Gasteiger partial charge in [-0.15, -0.1) is 0 Å². The van der Waals surface area contributed by atoms with Gasteiger partial charge in [0.1, 0.15) is 0 Å². The van der Waals surface area contributed by atoms with Gasteiger partial charge in [0.05, 0.1) is 19.3 Å². The van der Waals surface area contributed by atoms with Gasteiger partial charge in [-0.25, -0.2) is 0 Å². The fraction of sp³-hybridized carbons (Fsp3) is 0.538. The molecule has 0 aromatic heterocycles. The van der Waals surface area contributed by atoms with Crippen molar-refractivity contribution in [2.75, 3.05) is 26.3 Å². The normalized spacial score (nSPS) is 19.6. The van der Waals surface area contributed by atoms with Crippen LogP contribution in [0, 0.1) is 5.92 Å². The Kier molecular flexibility index (Phi) is 9.03. The smallest absolute Gasteiger partial charge is 0.161 e. The van der Waals surface area contributed by atoms with Crippen molar-refractivity contribution in [3.8, 4) is 11.5 Å². The molecule has 2 atom stereocenters. The summed E-state index contributed by atoms with van der Waals surface area (Å²) in [6.07, 6.45) is 4.86. The Labute approximate surface area is 181 Å². The average Bonchev–Trinajstić information content (AvgIpc) is 2.76. The lowest BCUT2D eigenvalue weighted by atomic mass is 9.88. The minimum atomic E-state index is -0.252. The highest BCUT2D eigenvalue weighted by atomic mass is 16.5. The summed E-state index contributed by atoms with van der Waals surface area (Å²) in [7, 11) is 0. The summed E-state index contributed by atoms with van der Waals surface area (Å²) < 4.78 is 11.8. The maximum absolute atomic E-state index is 10.6. The minimum Gasteiger partial charge on any atom is -0.490 e. The van der Waals surface area contributed by atoms with Gasteiger partial charge in [0.25, 0.3) is 0 Å². The lowest BCUT2D eigenvalue weighted by molar-refractivity contribution is 0.0239. The molecule has 0 aliphatic carbocycles. The Hall–Kier alpha value is -2.04. The van der Waals surface area contributed by atoms with Crippen LogP contribution >= 0.6 is 0 Å². The van der Waals surface area contributed by atoms with Gasteiger partial charge in [-0.05, 0) is 49.4 Å². The summed E-state index contributed by atoms with van der Waals surface area (Å²) in [4.78, 5) is 2.46. The van der Waals surface area contributed by atoms with Crippen molar-refractivity contribution in [3.05, 3.63) is 59.7 Å². The second-order valence-electron chi connectivity index (χ2n) is 8.31. The van der Waals surface area contributed by atoms with Crippen LogP contribution in [0.25, 0.3) is 0 Å². The second-order valence-corrected chi connectivity index (χ2v) is 8.31. The number of likely N-dealkylation sites (tertiary alicyclic amines) is 1. The Morgan fingerprint density at radius 1 is 0.967 bits per heavy atom. The van der Waals surface area contributed by atoms with Crippen molar-refractivity contribution in [1.29, 1.82) is 0 Å². The first kappa shape index (κ1) is 22.6. The summed E-state index contributed by atoms with van der Waals surface area (Å²) in [6, 6.07) is 16.8. The van der Waals surface area contributed by atoms with Crippen LogP contribution in [0.1, 0.15) is 50.7 Å². The fourth-order valence-electron chi connectivity index (χ4n) is 4.18. The van der Waals surface area contributed by atoms with E-state index in [-0.39, 0.29) is 12.0 Å². The van der Waals surface area contributed by atoms with Crippen LogP contribution < -0.4 is 9.47 Å². The number of aliphatic hydroxyl groups excluding tert-OH is 1. The molecule has 2 unspecified atom stereocenters. The van der Waals surface area contributed by atoms with Gasteiger partial charge in [-0.3, -0.25) is 4.90 Å². The summed E-state index contributed by atoms with van der Waals surface area (Å²) in [5.41, 5.74) is 2.53. The van der Waals surface area contributed by atoms with E-state index in [2.05, 4.69) is 54.3 Å². The van der Waals surface area contributed by atoms with E-state index in [0.717, 1.165) is 57.0 Å². The lowest BCUT2D eigenvalue weighted by Crippen LogP contribution is -2.43. The average molecular weight is 412 g/mol. The molecule has 0 bridgehead atoms. The first-order chi connectivity index (χ1) is 14.7. The van der Waals surface area contributed by atoms with E-state index in [1.807, 2.05) is 13.0 Å². The zero-order chi connectivity index (χ0) is 21.2. The van der Waals surface area contributed by atoms with Crippen molar-refractivity contribution < 1.29 is 14.6 Å². The Morgan fingerprint density at radius 3 is 2.57 bits per heavy atom. The second kappa shape index (κ2) is 12.0. The Bertz CT molecular complexity index is 749. The first-order valence-electron chi connectivity index (χ1n) is 11.5.